The van der Waals surface area contributed by atoms with Crippen LogP contribution in [0.25, 0.3) is 0 Å². The van der Waals surface area contributed by atoms with Gasteiger partial charge in [-0.15, -0.1) is 0 Å². The molecule has 0 spiro atoms. The van der Waals surface area contributed by atoms with Crippen molar-refractivity contribution in [2.24, 2.45) is 0 Å². The molecule has 3 aromatic carbocycles. The van der Waals surface area contributed by atoms with Crippen molar-refractivity contribution in [2.45, 2.75) is 12.5 Å². The zero-order valence-corrected chi connectivity index (χ0v) is 21.5. The number of nitrogens with zero attached hydrogens (tertiary/aromatic N) is 1. The predicted octanol–water partition coefficient (Wildman–Crippen LogP) is 6.80. The van der Waals surface area contributed by atoms with E-state index in [0.29, 0.717) is 28.0 Å². The molecule has 0 bridgehead atoms. The molecule has 0 radical (unpaired) electrons. The Kier molecular flexibility index (Phi) is 7.91. The zero-order chi connectivity index (χ0) is 25.1. The Morgan fingerprint density at radius 2 is 1.43 bits per heavy atom. The maximum atomic E-state index is 13.2. The normalized spacial score (nSPS) is 13.5. The SMILES string of the molecule is CSCC[C@H](C(=O)Nc1ccc(Oc2ccc(Cl)cc2)cc1)N1C(=O)c2cc(Cl)c(Cl)cc2C1=O. The summed E-state index contributed by atoms with van der Waals surface area (Å²) in [4.78, 5) is 40.3. The summed E-state index contributed by atoms with van der Waals surface area (Å²) in [6, 6.07) is 15.4. The standard InChI is InChI=1S/C25H19Cl3N2O4S/c1-35-11-10-22(30-24(32)18-12-20(27)21(28)13-19(18)25(30)33)23(31)29-15-4-8-17(9-5-15)34-16-6-2-14(26)3-7-16/h2-9,12-13,22H,10-11H2,1H3,(H,29,31)/t22-/m1/s1. The molecule has 0 unspecified atom stereocenters. The summed E-state index contributed by atoms with van der Waals surface area (Å²) < 4.78 is 5.77. The number of nitrogens with one attached hydrogen (secondary N) is 1. The third-order valence-electron chi connectivity index (χ3n) is 5.34. The molecular formula is C25H19Cl3N2O4S. The lowest BCUT2D eigenvalue weighted by Gasteiger charge is -2.25. The molecule has 35 heavy (non-hydrogen) atoms. The van der Waals surface area contributed by atoms with Gasteiger partial charge >= 0.3 is 0 Å². The first kappa shape index (κ1) is 25.4. The predicted molar refractivity (Wildman–Crippen MR) is 140 cm³/mol. The topological polar surface area (TPSA) is 75.7 Å². The number of carbonyl (C=O) groups excluding carboxylic acids is 3. The molecule has 3 amide bonds. The number of carbonyl (C=O) groups is 3. The van der Waals surface area contributed by atoms with Crippen LogP contribution in [0.5, 0.6) is 11.5 Å². The molecule has 0 saturated heterocycles. The maximum Gasteiger partial charge on any atom is 0.262 e. The van der Waals surface area contributed by atoms with E-state index >= 15 is 0 Å². The molecule has 1 heterocycles. The molecule has 0 fully saturated rings. The van der Waals surface area contributed by atoms with Crippen LogP contribution in [0.3, 0.4) is 0 Å². The van der Waals surface area contributed by atoms with E-state index in [4.69, 9.17) is 39.5 Å². The Hall–Kier alpha value is -2.71. The van der Waals surface area contributed by atoms with Gasteiger partial charge in [0.15, 0.2) is 0 Å². The van der Waals surface area contributed by atoms with Crippen LogP contribution in [0.4, 0.5) is 5.69 Å². The van der Waals surface area contributed by atoms with Crippen molar-refractivity contribution in [2.75, 3.05) is 17.3 Å². The number of amides is 3. The maximum absolute atomic E-state index is 13.2. The minimum Gasteiger partial charge on any atom is -0.457 e. The van der Waals surface area contributed by atoms with E-state index in [2.05, 4.69) is 5.32 Å². The van der Waals surface area contributed by atoms with Gasteiger partial charge in [0.2, 0.25) is 5.91 Å². The van der Waals surface area contributed by atoms with Crippen molar-refractivity contribution < 1.29 is 19.1 Å². The van der Waals surface area contributed by atoms with Crippen molar-refractivity contribution >= 4 is 70.0 Å². The molecule has 180 valence electrons. The molecule has 1 N–H and O–H groups in total. The van der Waals surface area contributed by atoms with Gasteiger partial charge in [0.1, 0.15) is 17.5 Å². The van der Waals surface area contributed by atoms with Gasteiger partial charge in [-0.2, -0.15) is 11.8 Å². The molecule has 3 aromatic rings. The number of hydrogen-bond acceptors (Lipinski definition) is 5. The van der Waals surface area contributed by atoms with E-state index in [0.717, 1.165) is 4.90 Å². The van der Waals surface area contributed by atoms with Gasteiger partial charge in [-0.3, -0.25) is 19.3 Å². The number of fused-ring (bicyclic) bond motifs is 1. The highest BCUT2D eigenvalue weighted by Gasteiger charge is 2.43. The van der Waals surface area contributed by atoms with Crippen LogP contribution in [0.2, 0.25) is 15.1 Å². The van der Waals surface area contributed by atoms with Crippen LogP contribution in [0.1, 0.15) is 27.1 Å². The molecule has 0 aromatic heterocycles. The zero-order valence-electron chi connectivity index (χ0n) is 18.4. The van der Waals surface area contributed by atoms with Crippen LogP contribution in [0, 0.1) is 0 Å². The van der Waals surface area contributed by atoms with Crippen molar-refractivity contribution in [3.63, 3.8) is 0 Å². The average Bonchev–Trinajstić information content (AvgIpc) is 3.07. The summed E-state index contributed by atoms with van der Waals surface area (Å²) in [5, 5.41) is 3.74. The minimum absolute atomic E-state index is 0.134. The molecule has 1 aliphatic heterocycles. The van der Waals surface area contributed by atoms with E-state index < -0.39 is 23.8 Å². The highest BCUT2D eigenvalue weighted by Crippen LogP contribution is 2.33. The van der Waals surface area contributed by atoms with Gasteiger partial charge in [0, 0.05) is 10.7 Å². The number of rotatable bonds is 8. The summed E-state index contributed by atoms with van der Waals surface area (Å²) >= 11 is 19.5. The fourth-order valence-electron chi connectivity index (χ4n) is 3.61. The van der Waals surface area contributed by atoms with E-state index in [9.17, 15) is 14.4 Å². The highest BCUT2D eigenvalue weighted by atomic mass is 35.5. The van der Waals surface area contributed by atoms with Gasteiger partial charge in [-0.25, -0.2) is 0 Å². The highest BCUT2D eigenvalue weighted by molar-refractivity contribution is 7.98. The third-order valence-corrected chi connectivity index (χ3v) is 6.96. The molecule has 10 heteroatoms. The van der Waals surface area contributed by atoms with E-state index in [1.807, 2.05) is 6.26 Å². The van der Waals surface area contributed by atoms with Gasteiger partial charge in [0.25, 0.3) is 11.8 Å². The lowest BCUT2D eigenvalue weighted by atomic mass is 10.1. The van der Waals surface area contributed by atoms with E-state index in [1.54, 1.807) is 48.5 Å². The molecule has 1 aliphatic rings. The summed E-state index contributed by atoms with van der Waals surface area (Å²) in [6.07, 6.45) is 2.17. The summed E-state index contributed by atoms with van der Waals surface area (Å²) in [5.41, 5.74) is 0.764. The number of halogens is 3. The average molecular weight is 550 g/mol. The van der Waals surface area contributed by atoms with Crippen LogP contribution in [-0.2, 0) is 4.79 Å². The Morgan fingerprint density at radius 3 is 1.94 bits per heavy atom. The number of thioether (sulfide) groups is 1. The van der Waals surface area contributed by atoms with Crippen molar-refractivity contribution in [1.29, 1.82) is 0 Å². The smallest absolute Gasteiger partial charge is 0.262 e. The fourth-order valence-corrected chi connectivity index (χ4v) is 4.53. The Bertz CT molecular complexity index is 1240. The third kappa shape index (κ3) is 5.59. The second kappa shape index (κ2) is 10.9. The lowest BCUT2D eigenvalue weighted by Crippen LogP contribution is -2.47. The number of imide groups is 1. The summed E-state index contributed by atoms with van der Waals surface area (Å²) in [5.74, 6) is 0.138. The van der Waals surface area contributed by atoms with Gasteiger partial charge < -0.3 is 10.1 Å². The van der Waals surface area contributed by atoms with E-state index in [1.165, 1.54) is 23.9 Å². The quantitative estimate of drug-likeness (QED) is 0.313. The van der Waals surface area contributed by atoms with Gasteiger partial charge in [-0.05, 0) is 79.1 Å². The van der Waals surface area contributed by atoms with Gasteiger partial charge in [-0.1, -0.05) is 34.8 Å². The first-order valence-electron chi connectivity index (χ1n) is 10.5. The largest absolute Gasteiger partial charge is 0.457 e. The van der Waals surface area contributed by atoms with E-state index in [-0.39, 0.29) is 27.6 Å². The van der Waals surface area contributed by atoms with Crippen LogP contribution < -0.4 is 10.1 Å². The first-order chi connectivity index (χ1) is 16.8. The monoisotopic (exact) mass is 548 g/mol. The lowest BCUT2D eigenvalue weighted by molar-refractivity contribution is -0.120. The number of anilines is 1. The molecular weight excluding hydrogens is 531 g/mol. The molecule has 4 rings (SSSR count). The first-order valence-corrected chi connectivity index (χ1v) is 13.0. The van der Waals surface area contributed by atoms with Crippen molar-refractivity contribution in [3.05, 3.63) is 86.9 Å². The van der Waals surface area contributed by atoms with Crippen LogP contribution in [-0.4, -0.2) is 40.7 Å². The molecule has 0 aliphatic carbocycles. The Morgan fingerprint density at radius 1 is 0.914 bits per heavy atom. The van der Waals surface area contributed by atoms with Crippen molar-refractivity contribution in [3.8, 4) is 11.5 Å². The Labute approximate surface area is 221 Å². The molecule has 1 atom stereocenters. The van der Waals surface area contributed by atoms with Crippen LogP contribution in [0.15, 0.2) is 60.7 Å². The number of ether oxygens (including phenoxy) is 1. The van der Waals surface area contributed by atoms with Crippen LogP contribution >= 0.6 is 46.6 Å². The molecule has 0 saturated carbocycles. The number of hydrogen-bond donors (Lipinski definition) is 1. The Balaban J connectivity index is 1.51. The minimum atomic E-state index is -1.00. The second-order valence-electron chi connectivity index (χ2n) is 7.66. The molecule has 6 nitrogen and oxygen atoms in total. The van der Waals surface area contributed by atoms with Gasteiger partial charge in [0.05, 0.1) is 21.2 Å². The summed E-state index contributed by atoms with van der Waals surface area (Å²) in [6.45, 7) is 0. The second-order valence-corrected chi connectivity index (χ2v) is 9.90. The van der Waals surface area contributed by atoms with Crippen molar-refractivity contribution in [1.82, 2.24) is 4.90 Å². The number of benzene rings is 3. The fraction of sp³-hybridized carbons (Fsp3) is 0.160. The summed E-state index contributed by atoms with van der Waals surface area (Å²) in [7, 11) is 0.